The Kier molecular flexibility index (Phi) is 2.36. The van der Waals surface area contributed by atoms with Crippen LogP contribution in [0.4, 0.5) is 0 Å². The van der Waals surface area contributed by atoms with Crippen molar-refractivity contribution in [3.8, 4) is 0 Å². The molecule has 0 bridgehead atoms. The van der Waals surface area contributed by atoms with Crippen LogP contribution in [-0.2, 0) is 6.42 Å². The van der Waals surface area contributed by atoms with Crippen molar-refractivity contribution >= 4 is 0 Å². The Hall–Kier alpha value is -0.900. The van der Waals surface area contributed by atoms with Crippen LogP contribution in [0, 0.1) is 0 Å². The summed E-state index contributed by atoms with van der Waals surface area (Å²) in [6.07, 6.45) is 6.43. The van der Waals surface area contributed by atoms with Crippen molar-refractivity contribution in [2.24, 2.45) is 0 Å². The average Bonchev–Trinajstić information content (AvgIpc) is 2.76. The van der Waals surface area contributed by atoms with Gasteiger partial charge in [0.1, 0.15) is 12.2 Å². The highest BCUT2D eigenvalue weighted by Gasteiger charge is 2.19. The van der Waals surface area contributed by atoms with Crippen LogP contribution < -0.4 is 5.32 Å². The van der Waals surface area contributed by atoms with E-state index in [-0.39, 0.29) is 0 Å². The van der Waals surface area contributed by atoms with Gasteiger partial charge in [0.25, 0.3) is 0 Å². The Bertz CT molecular complexity index is 215. The van der Waals surface area contributed by atoms with E-state index in [1.165, 1.54) is 12.8 Å². The van der Waals surface area contributed by atoms with Crippen LogP contribution in [0.5, 0.6) is 0 Å². The molecule has 0 unspecified atom stereocenters. The summed E-state index contributed by atoms with van der Waals surface area (Å²) in [6, 6.07) is 0.819. The topological polar surface area (TPSA) is 53.6 Å². The van der Waals surface area contributed by atoms with Crippen LogP contribution >= 0.6 is 0 Å². The molecule has 1 aromatic heterocycles. The molecular weight excluding hydrogens is 152 g/mol. The van der Waals surface area contributed by atoms with E-state index in [2.05, 4.69) is 20.5 Å². The predicted octanol–water partition coefficient (Wildman–Crippen LogP) is 0.489. The first-order valence-corrected chi connectivity index (χ1v) is 4.53. The molecule has 0 atom stereocenters. The lowest BCUT2D eigenvalue weighted by Crippen LogP contribution is -2.18. The van der Waals surface area contributed by atoms with Crippen LogP contribution in [0.1, 0.15) is 25.1 Å². The summed E-state index contributed by atoms with van der Waals surface area (Å²) in [6.45, 7) is 1.10. The summed E-state index contributed by atoms with van der Waals surface area (Å²) in [4.78, 5) is 4.05. The monoisotopic (exact) mass is 166 g/mol. The molecule has 1 heterocycles. The molecule has 2 rings (SSSR count). The number of hydrogen-bond acceptors (Lipinski definition) is 3. The van der Waals surface area contributed by atoms with Crippen molar-refractivity contribution in [1.82, 2.24) is 20.5 Å². The first kappa shape index (κ1) is 7.73. The van der Waals surface area contributed by atoms with Gasteiger partial charge in [-0.25, -0.2) is 4.98 Å². The second kappa shape index (κ2) is 3.67. The van der Waals surface area contributed by atoms with Gasteiger partial charge in [-0.2, -0.15) is 5.10 Å². The fourth-order valence-electron chi connectivity index (χ4n) is 1.20. The van der Waals surface area contributed by atoms with Gasteiger partial charge in [-0.15, -0.1) is 0 Å². The molecule has 0 aliphatic heterocycles. The molecule has 0 saturated heterocycles. The van der Waals surface area contributed by atoms with Crippen LogP contribution in [0.25, 0.3) is 0 Å². The summed E-state index contributed by atoms with van der Waals surface area (Å²) >= 11 is 0. The number of rotatable bonds is 5. The van der Waals surface area contributed by atoms with Gasteiger partial charge in [0, 0.05) is 12.5 Å². The molecule has 1 aliphatic carbocycles. The minimum absolute atomic E-state index is 0.819. The highest BCUT2D eigenvalue weighted by Crippen LogP contribution is 2.18. The molecule has 1 saturated carbocycles. The number of hydrogen-bond donors (Lipinski definition) is 2. The third-order valence-electron chi connectivity index (χ3n) is 2.07. The lowest BCUT2D eigenvalue weighted by Gasteiger charge is -1.99. The minimum atomic E-state index is 0.819. The maximum atomic E-state index is 4.05. The van der Waals surface area contributed by atoms with Gasteiger partial charge in [-0.3, -0.25) is 5.10 Å². The van der Waals surface area contributed by atoms with Crippen molar-refractivity contribution in [2.45, 2.75) is 31.7 Å². The van der Waals surface area contributed by atoms with E-state index in [0.29, 0.717) is 0 Å². The lowest BCUT2D eigenvalue weighted by atomic mass is 10.3. The summed E-state index contributed by atoms with van der Waals surface area (Å²) in [5, 5.41) is 10.1. The number of nitrogens with zero attached hydrogens (tertiary/aromatic N) is 2. The maximum absolute atomic E-state index is 4.05. The number of aryl methyl sites for hydroxylation is 1. The van der Waals surface area contributed by atoms with E-state index in [1.54, 1.807) is 6.33 Å². The van der Waals surface area contributed by atoms with Crippen molar-refractivity contribution in [1.29, 1.82) is 0 Å². The van der Waals surface area contributed by atoms with Crippen LogP contribution in [-0.4, -0.2) is 27.8 Å². The van der Waals surface area contributed by atoms with Crippen molar-refractivity contribution in [3.05, 3.63) is 12.2 Å². The Labute approximate surface area is 71.8 Å². The van der Waals surface area contributed by atoms with Gasteiger partial charge in [0.2, 0.25) is 0 Å². The zero-order valence-corrected chi connectivity index (χ0v) is 7.08. The molecule has 1 aromatic rings. The molecule has 0 radical (unpaired) electrons. The fourth-order valence-corrected chi connectivity index (χ4v) is 1.20. The third-order valence-corrected chi connectivity index (χ3v) is 2.07. The second-order valence-corrected chi connectivity index (χ2v) is 3.26. The number of nitrogens with one attached hydrogen (secondary N) is 2. The zero-order chi connectivity index (χ0) is 8.23. The first-order valence-electron chi connectivity index (χ1n) is 4.53. The molecular formula is C8H14N4. The molecule has 2 N–H and O–H groups in total. The molecule has 1 fully saturated rings. The molecule has 0 aromatic carbocycles. The van der Waals surface area contributed by atoms with E-state index in [1.807, 2.05) is 0 Å². The fraction of sp³-hybridized carbons (Fsp3) is 0.750. The van der Waals surface area contributed by atoms with Gasteiger partial charge in [0.05, 0.1) is 0 Å². The lowest BCUT2D eigenvalue weighted by molar-refractivity contribution is 0.636. The van der Waals surface area contributed by atoms with Gasteiger partial charge in [-0.05, 0) is 25.8 Å². The Balaban J connectivity index is 1.56. The minimum Gasteiger partial charge on any atom is -0.314 e. The van der Waals surface area contributed by atoms with Crippen molar-refractivity contribution in [2.75, 3.05) is 6.54 Å². The Morgan fingerprint density at radius 1 is 1.58 bits per heavy atom. The van der Waals surface area contributed by atoms with E-state index in [4.69, 9.17) is 0 Å². The average molecular weight is 166 g/mol. The van der Waals surface area contributed by atoms with Gasteiger partial charge in [-0.1, -0.05) is 0 Å². The van der Waals surface area contributed by atoms with Gasteiger partial charge in [0.15, 0.2) is 0 Å². The largest absolute Gasteiger partial charge is 0.314 e. The summed E-state index contributed by atoms with van der Waals surface area (Å²) in [7, 11) is 0. The van der Waals surface area contributed by atoms with Crippen LogP contribution in [0.15, 0.2) is 6.33 Å². The van der Waals surface area contributed by atoms with Crippen molar-refractivity contribution in [3.63, 3.8) is 0 Å². The smallest absolute Gasteiger partial charge is 0.137 e. The predicted molar refractivity (Wildman–Crippen MR) is 45.7 cm³/mol. The summed E-state index contributed by atoms with van der Waals surface area (Å²) in [5.41, 5.74) is 0. The molecule has 1 aliphatic rings. The van der Waals surface area contributed by atoms with E-state index in [0.717, 1.165) is 31.3 Å². The molecule has 0 spiro atoms. The van der Waals surface area contributed by atoms with Crippen molar-refractivity contribution < 1.29 is 0 Å². The highest BCUT2D eigenvalue weighted by atomic mass is 15.2. The van der Waals surface area contributed by atoms with Crippen LogP contribution in [0.2, 0.25) is 0 Å². The number of aromatic nitrogens is 3. The van der Waals surface area contributed by atoms with E-state index >= 15 is 0 Å². The Morgan fingerprint density at radius 3 is 3.17 bits per heavy atom. The third kappa shape index (κ3) is 2.30. The van der Waals surface area contributed by atoms with Gasteiger partial charge >= 0.3 is 0 Å². The summed E-state index contributed by atoms with van der Waals surface area (Å²) in [5.74, 6) is 0.993. The van der Waals surface area contributed by atoms with Gasteiger partial charge < -0.3 is 5.32 Å². The number of H-pyrrole nitrogens is 1. The standard InChI is InChI=1S/C8H14N4/c1(5-9-7-3-4-7)2-8-10-6-11-12-8/h6-7,9H,1-5H2,(H,10,11,12). The normalized spacial score (nSPS) is 16.7. The molecule has 4 heteroatoms. The molecule has 4 nitrogen and oxygen atoms in total. The maximum Gasteiger partial charge on any atom is 0.137 e. The van der Waals surface area contributed by atoms with E-state index in [9.17, 15) is 0 Å². The second-order valence-electron chi connectivity index (χ2n) is 3.26. The molecule has 12 heavy (non-hydrogen) atoms. The SMILES string of the molecule is c1n[nH]c(CCCNC2CC2)n1. The number of aromatic amines is 1. The van der Waals surface area contributed by atoms with Crippen LogP contribution in [0.3, 0.4) is 0 Å². The van der Waals surface area contributed by atoms with E-state index < -0.39 is 0 Å². The zero-order valence-electron chi connectivity index (χ0n) is 7.08. The summed E-state index contributed by atoms with van der Waals surface area (Å²) < 4.78 is 0. The molecule has 66 valence electrons. The Morgan fingerprint density at radius 2 is 2.50 bits per heavy atom. The first-order chi connectivity index (χ1) is 5.95. The molecule has 0 amide bonds. The quantitative estimate of drug-likeness (QED) is 0.626. The highest BCUT2D eigenvalue weighted by molar-refractivity contribution is 4.83.